The summed E-state index contributed by atoms with van der Waals surface area (Å²) in [7, 11) is 0. The first-order chi connectivity index (χ1) is 11.1. The number of nitrogens with zero attached hydrogens (tertiary/aromatic N) is 4. The Balaban J connectivity index is 0.00000156. The van der Waals surface area contributed by atoms with Crippen LogP contribution in [0.4, 0.5) is 0 Å². The van der Waals surface area contributed by atoms with E-state index in [9.17, 15) is 4.79 Å². The van der Waals surface area contributed by atoms with E-state index < -0.39 is 0 Å². The quantitative estimate of drug-likeness (QED) is 0.864. The second kappa shape index (κ2) is 9.70. The van der Waals surface area contributed by atoms with Gasteiger partial charge in [0.25, 0.3) is 0 Å². The van der Waals surface area contributed by atoms with E-state index in [1.165, 1.54) is 0 Å². The van der Waals surface area contributed by atoms with E-state index in [2.05, 4.69) is 15.1 Å². The number of hydrogen-bond donors (Lipinski definition) is 1. The molecular weight excluding hydrogens is 365 g/mol. The van der Waals surface area contributed by atoms with Gasteiger partial charge >= 0.3 is 0 Å². The van der Waals surface area contributed by atoms with Gasteiger partial charge in [0, 0.05) is 37.7 Å². The van der Waals surface area contributed by atoms with Crippen LogP contribution in [0.25, 0.3) is 11.5 Å². The van der Waals surface area contributed by atoms with Crippen LogP contribution in [-0.4, -0.2) is 45.1 Å². The molecule has 1 atom stereocenters. The van der Waals surface area contributed by atoms with Gasteiger partial charge in [-0.3, -0.25) is 9.78 Å². The van der Waals surface area contributed by atoms with Crippen molar-refractivity contribution in [3.63, 3.8) is 0 Å². The lowest BCUT2D eigenvalue weighted by Gasteiger charge is -2.30. The molecule has 0 bridgehead atoms. The highest BCUT2D eigenvalue weighted by molar-refractivity contribution is 5.85. The van der Waals surface area contributed by atoms with Crippen LogP contribution in [0.2, 0.25) is 0 Å². The number of carbonyl (C=O) groups is 1. The van der Waals surface area contributed by atoms with E-state index in [-0.39, 0.29) is 42.7 Å². The number of hydrogen-bond acceptors (Lipinski definition) is 6. The van der Waals surface area contributed by atoms with Crippen molar-refractivity contribution >= 4 is 30.7 Å². The maximum atomic E-state index is 12.0. The third-order valence-corrected chi connectivity index (χ3v) is 4.03. The maximum absolute atomic E-state index is 12.0. The zero-order valence-electron chi connectivity index (χ0n) is 14.0. The predicted molar refractivity (Wildman–Crippen MR) is 98.8 cm³/mol. The molecule has 0 saturated carbocycles. The van der Waals surface area contributed by atoms with E-state index >= 15 is 0 Å². The van der Waals surface area contributed by atoms with Crippen molar-refractivity contribution in [3.8, 4) is 11.5 Å². The minimum absolute atomic E-state index is 0. The van der Waals surface area contributed by atoms with E-state index in [0.717, 1.165) is 12.8 Å². The van der Waals surface area contributed by atoms with E-state index in [4.69, 9.17) is 10.3 Å². The first-order valence-corrected chi connectivity index (χ1v) is 7.92. The molecule has 1 aliphatic rings. The van der Waals surface area contributed by atoms with Gasteiger partial charge in [-0.25, -0.2) is 0 Å². The molecule has 1 unspecified atom stereocenters. The lowest BCUT2D eigenvalue weighted by Crippen LogP contribution is -2.40. The highest BCUT2D eigenvalue weighted by Gasteiger charge is 2.27. The molecular formula is C16H23Cl2N5O2. The SMILES string of the molecule is CC(N)CC(=O)N1CCC(c2nc(-c3ccccn3)no2)CC1.Cl.Cl. The maximum Gasteiger partial charge on any atom is 0.230 e. The largest absolute Gasteiger partial charge is 0.343 e. The number of halogens is 2. The summed E-state index contributed by atoms with van der Waals surface area (Å²) < 4.78 is 5.39. The molecule has 25 heavy (non-hydrogen) atoms. The average Bonchev–Trinajstić information content (AvgIpc) is 3.05. The summed E-state index contributed by atoms with van der Waals surface area (Å²) in [6.45, 7) is 3.26. The minimum atomic E-state index is -0.0999. The first-order valence-electron chi connectivity index (χ1n) is 7.92. The fourth-order valence-electron chi connectivity index (χ4n) is 2.78. The van der Waals surface area contributed by atoms with Crippen LogP contribution in [0.3, 0.4) is 0 Å². The smallest absolute Gasteiger partial charge is 0.230 e. The number of carbonyl (C=O) groups excluding carboxylic acids is 1. The minimum Gasteiger partial charge on any atom is -0.343 e. The fourth-order valence-corrected chi connectivity index (χ4v) is 2.78. The highest BCUT2D eigenvalue weighted by atomic mass is 35.5. The van der Waals surface area contributed by atoms with Crippen molar-refractivity contribution in [3.05, 3.63) is 30.3 Å². The Morgan fingerprint density at radius 2 is 2.08 bits per heavy atom. The molecule has 138 valence electrons. The summed E-state index contributed by atoms with van der Waals surface area (Å²) in [5.41, 5.74) is 6.39. The zero-order chi connectivity index (χ0) is 16.2. The van der Waals surface area contributed by atoms with Gasteiger partial charge in [-0.1, -0.05) is 11.2 Å². The molecule has 3 rings (SSSR count). The molecule has 2 aromatic heterocycles. The van der Waals surface area contributed by atoms with Gasteiger partial charge < -0.3 is 15.2 Å². The Morgan fingerprint density at radius 3 is 2.68 bits per heavy atom. The van der Waals surface area contributed by atoms with Crippen LogP contribution in [0.15, 0.2) is 28.9 Å². The van der Waals surface area contributed by atoms with Gasteiger partial charge in [-0.2, -0.15) is 4.98 Å². The van der Waals surface area contributed by atoms with Crippen LogP contribution in [-0.2, 0) is 4.79 Å². The van der Waals surface area contributed by atoms with Crippen LogP contribution in [0.1, 0.15) is 38.0 Å². The van der Waals surface area contributed by atoms with E-state index in [0.29, 0.717) is 36.9 Å². The number of piperidine rings is 1. The van der Waals surface area contributed by atoms with Crippen molar-refractivity contribution in [2.45, 2.75) is 38.1 Å². The highest BCUT2D eigenvalue weighted by Crippen LogP contribution is 2.28. The second-order valence-electron chi connectivity index (χ2n) is 6.01. The van der Waals surface area contributed by atoms with Gasteiger partial charge in [0.2, 0.25) is 17.6 Å². The lowest BCUT2D eigenvalue weighted by atomic mass is 9.96. The lowest BCUT2D eigenvalue weighted by molar-refractivity contribution is -0.132. The van der Waals surface area contributed by atoms with Crippen LogP contribution >= 0.6 is 24.8 Å². The zero-order valence-corrected chi connectivity index (χ0v) is 15.6. The van der Waals surface area contributed by atoms with Crippen molar-refractivity contribution in [2.75, 3.05) is 13.1 Å². The number of likely N-dealkylation sites (tertiary alicyclic amines) is 1. The Hall–Kier alpha value is -1.70. The number of rotatable bonds is 4. The molecule has 1 amide bonds. The van der Waals surface area contributed by atoms with Crippen LogP contribution in [0.5, 0.6) is 0 Å². The molecule has 3 heterocycles. The molecule has 1 fully saturated rings. The molecule has 2 N–H and O–H groups in total. The summed E-state index contributed by atoms with van der Waals surface area (Å²) in [5, 5.41) is 4.01. The Labute approximate surface area is 159 Å². The van der Waals surface area contributed by atoms with Crippen molar-refractivity contribution in [1.82, 2.24) is 20.0 Å². The van der Waals surface area contributed by atoms with Gasteiger partial charge in [-0.05, 0) is 31.9 Å². The number of aromatic nitrogens is 3. The Bertz CT molecular complexity index is 658. The Kier molecular flexibility index (Phi) is 8.28. The fraction of sp³-hybridized carbons (Fsp3) is 0.500. The molecule has 9 heteroatoms. The molecule has 0 aliphatic carbocycles. The second-order valence-corrected chi connectivity index (χ2v) is 6.01. The van der Waals surface area contributed by atoms with Gasteiger partial charge in [-0.15, -0.1) is 24.8 Å². The number of amides is 1. The first kappa shape index (κ1) is 21.3. The predicted octanol–water partition coefficient (Wildman–Crippen LogP) is 2.42. The van der Waals surface area contributed by atoms with Gasteiger partial charge in [0.1, 0.15) is 5.69 Å². The number of pyridine rings is 1. The summed E-state index contributed by atoms with van der Waals surface area (Å²) in [6.07, 6.45) is 3.76. The third-order valence-electron chi connectivity index (χ3n) is 4.03. The van der Waals surface area contributed by atoms with Crippen LogP contribution < -0.4 is 5.73 Å². The van der Waals surface area contributed by atoms with Gasteiger partial charge in [0.15, 0.2) is 0 Å². The van der Waals surface area contributed by atoms with Gasteiger partial charge in [0.05, 0.1) is 0 Å². The van der Waals surface area contributed by atoms with Crippen molar-refractivity contribution < 1.29 is 9.32 Å². The van der Waals surface area contributed by atoms with Crippen molar-refractivity contribution in [1.29, 1.82) is 0 Å². The number of nitrogens with two attached hydrogens (primary N) is 1. The topological polar surface area (TPSA) is 98.1 Å². The molecule has 2 aromatic rings. The van der Waals surface area contributed by atoms with E-state index in [1.807, 2.05) is 30.0 Å². The van der Waals surface area contributed by atoms with E-state index in [1.54, 1.807) is 6.20 Å². The molecule has 0 aromatic carbocycles. The molecule has 7 nitrogen and oxygen atoms in total. The monoisotopic (exact) mass is 387 g/mol. The summed E-state index contributed by atoms with van der Waals surface area (Å²) in [6, 6.07) is 5.49. The molecule has 1 aliphatic heterocycles. The molecule has 1 saturated heterocycles. The standard InChI is InChI=1S/C16H21N5O2.2ClH/c1-11(17)10-14(22)21-8-5-12(6-9-21)16-19-15(20-23-16)13-4-2-3-7-18-13;;/h2-4,7,11-12H,5-6,8-10,17H2,1H3;2*1H. The Morgan fingerprint density at radius 1 is 1.36 bits per heavy atom. The van der Waals surface area contributed by atoms with Crippen LogP contribution in [0, 0.1) is 0 Å². The molecule has 0 radical (unpaired) electrons. The molecule has 0 spiro atoms. The average molecular weight is 388 g/mol. The summed E-state index contributed by atoms with van der Waals surface area (Å²) in [4.78, 5) is 22.6. The normalized spacial score (nSPS) is 15.8. The third kappa shape index (κ3) is 5.39. The summed E-state index contributed by atoms with van der Waals surface area (Å²) in [5.74, 6) is 1.46. The van der Waals surface area contributed by atoms with Crippen molar-refractivity contribution in [2.24, 2.45) is 5.73 Å². The summed E-state index contributed by atoms with van der Waals surface area (Å²) >= 11 is 0.